The maximum atomic E-state index is 8.45. The van der Waals surface area contributed by atoms with E-state index in [-0.39, 0.29) is 6.17 Å². The van der Waals surface area contributed by atoms with Crippen LogP contribution in [0, 0.1) is 11.3 Å². The van der Waals surface area contributed by atoms with Crippen molar-refractivity contribution in [2.45, 2.75) is 46.3 Å². The fourth-order valence-electron chi connectivity index (χ4n) is 1.45. The van der Waals surface area contributed by atoms with E-state index in [4.69, 9.17) is 15.5 Å². The number of nitrogens with two attached hydrogens (primary N) is 1. The summed E-state index contributed by atoms with van der Waals surface area (Å²) in [5, 5.41) is 8.45. The number of rotatable bonds is 7. The monoisotopic (exact) mass is 231 g/mol. The Morgan fingerprint density at radius 3 is 2.40 bits per heavy atom. The van der Waals surface area contributed by atoms with Crippen LogP contribution in [0.2, 0.25) is 0 Å². The number of hydrogen-bond acceptors (Lipinski definition) is 4. The standard InChI is InChI=1S/C10H22N3OP/c1-5-15(14-8-6-7-11)13(9(2)3)10(4)12/h9-10H,5-6,8,12H2,1-4H3. The summed E-state index contributed by atoms with van der Waals surface area (Å²) >= 11 is 0. The van der Waals surface area contributed by atoms with Crippen LogP contribution in [-0.4, -0.2) is 29.6 Å². The summed E-state index contributed by atoms with van der Waals surface area (Å²) in [6.45, 7) is 8.80. The number of nitriles is 1. The summed E-state index contributed by atoms with van der Waals surface area (Å²) in [6.07, 6.45) is 1.39. The van der Waals surface area contributed by atoms with Crippen LogP contribution in [0.25, 0.3) is 0 Å². The van der Waals surface area contributed by atoms with Crippen molar-refractivity contribution >= 4 is 8.30 Å². The topological polar surface area (TPSA) is 62.3 Å². The molecule has 0 saturated heterocycles. The first-order chi connectivity index (χ1) is 7.04. The molecule has 15 heavy (non-hydrogen) atoms. The minimum absolute atomic E-state index is 0.00172. The van der Waals surface area contributed by atoms with E-state index in [1.807, 2.05) is 6.92 Å². The van der Waals surface area contributed by atoms with Crippen LogP contribution in [0.15, 0.2) is 0 Å². The summed E-state index contributed by atoms with van der Waals surface area (Å²) in [5.74, 6) is 0. The van der Waals surface area contributed by atoms with E-state index in [2.05, 4.69) is 31.5 Å². The third kappa shape index (κ3) is 5.44. The van der Waals surface area contributed by atoms with Gasteiger partial charge in [0.05, 0.1) is 25.3 Å². The molecule has 0 aliphatic heterocycles. The van der Waals surface area contributed by atoms with Gasteiger partial charge in [-0.15, -0.1) is 0 Å². The molecule has 0 heterocycles. The summed E-state index contributed by atoms with van der Waals surface area (Å²) < 4.78 is 7.89. The second kappa shape index (κ2) is 8.01. The molecular weight excluding hydrogens is 209 g/mol. The molecule has 0 aromatic rings. The molecule has 2 atom stereocenters. The number of hydrogen-bond donors (Lipinski definition) is 1. The van der Waals surface area contributed by atoms with Gasteiger partial charge in [-0.05, 0) is 20.8 Å². The van der Waals surface area contributed by atoms with Crippen LogP contribution in [0.4, 0.5) is 0 Å². The SMILES string of the molecule is CCP(OCCC#N)N(C(C)C)C(C)N. The van der Waals surface area contributed by atoms with Gasteiger partial charge in [0.2, 0.25) is 0 Å². The molecule has 0 fully saturated rings. The molecule has 0 aromatic heterocycles. The second-order valence-corrected chi connectivity index (χ2v) is 5.68. The second-order valence-electron chi connectivity index (χ2n) is 3.62. The first-order valence-corrected chi connectivity index (χ1v) is 6.75. The van der Waals surface area contributed by atoms with Crippen LogP contribution >= 0.6 is 8.30 Å². The molecule has 0 amide bonds. The molecule has 4 nitrogen and oxygen atoms in total. The Labute approximate surface area is 94.3 Å². The van der Waals surface area contributed by atoms with Crippen LogP contribution in [-0.2, 0) is 4.52 Å². The van der Waals surface area contributed by atoms with E-state index < -0.39 is 8.30 Å². The molecule has 5 heteroatoms. The molecule has 0 rings (SSSR count). The maximum absolute atomic E-state index is 8.45. The van der Waals surface area contributed by atoms with Gasteiger partial charge in [-0.25, -0.2) is 4.67 Å². The summed E-state index contributed by atoms with van der Waals surface area (Å²) in [7, 11) is -0.655. The first-order valence-electron chi connectivity index (χ1n) is 5.35. The van der Waals surface area contributed by atoms with Gasteiger partial charge in [0.1, 0.15) is 8.30 Å². The lowest BCUT2D eigenvalue weighted by Crippen LogP contribution is -2.41. The van der Waals surface area contributed by atoms with Crippen molar-refractivity contribution in [1.29, 1.82) is 5.26 Å². The first kappa shape index (κ1) is 14.8. The van der Waals surface area contributed by atoms with Crippen LogP contribution < -0.4 is 5.73 Å². The van der Waals surface area contributed by atoms with E-state index >= 15 is 0 Å². The highest BCUT2D eigenvalue weighted by Crippen LogP contribution is 2.43. The normalized spacial score (nSPS) is 15.3. The van der Waals surface area contributed by atoms with Crippen molar-refractivity contribution in [3.05, 3.63) is 0 Å². The van der Waals surface area contributed by atoms with Gasteiger partial charge in [0.25, 0.3) is 0 Å². The van der Waals surface area contributed by atoms with Crippen LogP contribution in [0.1, 0.15) is 34.1 Å². The zero-order valence-electron chi connectivity index (χ0n) is 10.1. The van der Waals surface area contributed by atoms with Crippen molar-refractivity contribution in [2.75, 3.05) is 12.8 Å². The van der Waals surface area contributed by atoms with Crippen molar-refractivity contribution < 1.29 is 4.52 Å². The average molecular weight is 231 g/mol. The third-order valence-electron chi connectivity index (χ3n) is 1.93. The lowest BCUT2D eigenvalue weighted by molar-refractivity contribution is 0.251. The Morgan fingerprint density at radius 2 is 2.07 bits per heavy atom. The molecule has 0 aromatic carbocycles. The molecular formula is C10H22N3OP. The number of nitrogens with zero attached hydrogens (tertiary/aromatic N) is 2. The van der Waals surface area contributed by atoms with E-state index in [9.17, 15) is 0 Å². The molecule has 0 spiro atoms. The van der Waals surface area contributed by atoms with Gasteiger partial charge in [-0.1, -0.05) is 6.92 Å². The highest BCUT2D eigenvalue weighted by atomic mass is 31.2. The Morgan fingerprint density at radius 1 is 1.47 bits per heavy atom. The Hall–Kier alpha value is -0.200. The fourth-order valence-corrected chi connectivity index (χ4v) is 3.31. The average Bonchev–Trinajstić information content (AvgIpc) is 2.15. The molecule has 0 bridgehead atoms. The highest BCUT2D eigenvalue weighted by Gasteiger charge is 2.23. The van der Waals surface area contributed by atoms with E-state index in [1.165, 1.54) is 0 Å². The molecule has 0 aliphatic rings. The zero-order valence-corrected chi connectivity index (χ0v) is 11.0. The summed E-state index contributed by atoms with van der Waals surface area (Å²) in [6, 6.07) is 2.45. The molecule has 0 radical (unpaired) electrons. The van der Waals surface area contributed by atoms with Crippen LogP contribution in [0.3, 0.4) is 0 Å². The van der Waals surface area contributed by atoms with E-state index in [0.717, 1.165) is 6.16 Å². The predicted molar refractivity (Wildman–Crippen MR) is 64.3 cm³/mol. The molecule has 88 valence electrons. The lowest BCUT2D eigenvalue weighted by Gasteiger charge is -2.36. The quantitative estimate of drug-likeness (QED) is 0.415. The van der Waals surface area contributed by atoms with Gasteiger partial charge in [0, 0.05) is 12.2 Å². The van der Waals surface area contributed by atoms with Gasteiger partial charge in [-0.3, -0.25) is 0 Å². The minimum Gasteiger partial charge on any atom is -0.342 e. The highest BCUT2D eigenvalue weighted by molar-refractivity contribution is 7.49. The van der Waals surface area contributed by atoms with Gasteiger partial charge >= 0.3 is 0 Å². The summed E-state index contributed by atoms with van der Waals surface area (Å²) in [4.78, 5) is 0. The fraction of sp³-hybridized carbons (Fsp3) is 0.900. The largest absolute Gasteiger partial charge is 0.342 e. The Bertz CT molecular complexity index is 195. The summed E-state index contributed by atoms with van der Waals surface area (Å²) in [5.41, 5.74) is 5.92. The lowest BCUT2D eigenvalue weighted by atomic mass is 10.4. The van der Waals surface area contributed by atoms with Gasteiger partial charge in [0.15, 0.2) is 0 Å². The smallest absolute Gasteiger partial charge is 0.105 e. The maximum Gasteiger partial charge on any atom is 0.105 e. The third-order valence-corrected chi connectivity index (χ3v) is 4.29. The van der Waals surface area contributed by atoms with Crippen molar-refractivity contribution in [3.63, 3.8) is 0 Å². The van der Waals surface area contributed by atoms with E-state index in [0.29, 0.717) is 19.1 Å². The molecule has 2 N–H and O–H groups in total. The van der Waals surface area contributed by atoms with Crippen molar-refractivity contribution in [3.8, 4) is 6.07 Å². The van der Waals surface area contributed by atoms with Crippen LogP contribution in [0.5, 0.6) is 0 Å². The Kier molecular flexibility index (Phi) is 7.90. The minimum atomic E-state index is -0.655. The Balaban J connectivity index is 4.27. The van der Waals surface area contributed by atoms with E-state index in [1.54, 1.807) is 0 Å². The van der Waals surface area contributed by atoms with Gasteiger partial charge < -0.3 is 10.3 Å². The molecule has 0 saturated carbocycles. The van der Waals surface area contributed by atoms with Gasteiger partial charge in [-0.2, -0.15) is 5.26 Å². The predicted octanol–water partition coefficient (Wildman–Crippen LogP) is 2.26. The zero-order chi connectivity index (χ0) is 11.8. The molecule has 0 aliphatic carbocycles. The van der Waals surface area contributed by atoms with Crippen molar-refractivity contribution in [2.24, 2.45) is 5.73 Å². The molecule has 2 unspecified atom stereocenters. The van der Waals surface area contributed by atoms with Crippen molar-refractivity contribution in [1.82, 2.24) is 4.67 Å².